The van der Waals surface area contributed by atoms with Crippen LogP contribution in [0.1, 0.15) is 21.4 Å². The topological polar surface area (TPSA) is 0 Å². The van der Waals surface area contributed by atoms with Crippen molar-refractivity contribution in [3.8, 4) is 0 Å². The molecule has 0 bridgehead atoms. The van der Waals surface area contributed by atoms with E-state index in [1.807, 2.05) is 0 Å². The Hall–Kier alpha value is -0.350. The molecule has 1 aromatic heterocycles. The van der Waals surface area contributed by atoms with E-state index >= 15 is 0 Å². The molecule has 0 aliphatic heterocycles. The third kappa shape index (κ3) is 2.57. The van der Waals surface area contributed by atoms with Crippen molar-refractivity contribution in [2.24, 2.45) is 0 Å². The van der Waals surface area contributed by atoms with E-state index in [0.717, 1.165) is 13.1 Å². The minimum absolute atomic E-state index is 0.131. The smallest absolute Gasteiger partial charge is 0.0937 e. The van der Waals surface area contributed by atoms with E-state index in [2.05, 4.69) is 81.2 Å². The first-order valence-corrected chi connectivity index (χ1v) is 8.99. The van der Waals surface area contributed by atoms with Gasteiger partial charge in [0.05, 0.1) is 9.16 Å². The SMILES string of the molecule is Cc1ccc2ccccc2c1C(Cl)c1cc(Br)c(Br)s1. The summed E-state index contributed by atoms with van der Waals surface area (Å²) in [5.41, 5.74) is 2.43. The molecule has 0 aliphatic rings. The van der Waals surface area contributed by atoms with Crippen LogP contribution in [0.15, 0.2) is 50.7 Å². The van der Waals surface area contributed by atoms with E-state index in [1.54, 1.807) is 11.3 Å². The highest BCUT2D eigenvalue weighted by Gasteiger charge is 2.19. The Labute approximate surface area is 144 Å². The molecular weight excluding hydrogens is 420 g/mol. The Bertz CT molecular complexity index is 760. The third-order valence-corrected chi connectivity index (χ3v) is 7.26. The molecule has 4 heteroatoms. The Morgan fingerprint density at radius 2 is 1.85 bits per heavy atom. The molecule has 0 spiro atoms. The number of thiophene rings is 1. The molecule has 0 fully saturated rings. The summed E-state index contributed by atoms with van der Waals surface area (Å²) in [4.78, 5) is 1.14. The maximum Gasteiger partial charge on any atom is 0.0937 e. The predicted octanol–water partition coefficient (Wildman–Crippen LogP) is 7.06. The summed E-state index contributed by atoms with van der Waals surface area (Å²) >= 11 is 15.5. The number of halogens is 3. The van der Waals surface area contributed by atoms with Gasteiger partial charge in [0.25, 0.3) is 0 Å². The number of alkyl halides is 1. The first kappa shape index (κ1) is 14.6. The zero-order chi connectivity index (χ0) is 14.3. The van der Waals surface area contributed by atoms with Gasteiger partial charge in [-0.05, 0) is 66.7 Å². The van der Waals surface area contributed by atoms with Crippen LogP contribution in [0.3, 0.4) is 0 Å². The summed E-state index contributed by atoms with van der Waals surface area (Å²) in [7, 11) is 0. The van der Waals surface area contributed by atoms with Gasteiger partial charge in [-0.1, -0.05) is 36.4 Å². The van der Waals surface area contributed by atoms with Crippen LogP contribution in [-0.4, -0.2) is 0 Å². The van der Waals surface area contributed by atoms with Crippen LogP contribution in [-0.2, 0) is 0 Å². The second-order valence-electron chi connectivity index (χ2n) is 4.65. The number of hydrogen-bond donors (Lipinski definition) is 0. The number of benzene rings is 2. The van der Waals surface area contributed by atoms with Crippen molar-refractivity contribution in [2.75, 3.05) is 0 Å². The molecule has 0 aliphatic carbocycles. The molecule has 3 aromatic rings. The van der Waals surface area contributed by atoms with Crippen molar-refractivity contribution in [3.63, 3.8) is 0 Å². The highest BCUT2D eigenvalue weighted by Crippen LogP contribution is 2.43. The number of fused-ring (bicyclic) bond motifs is 1. The first-order valence-electron chi connectivity index (χ1n) is 6.15. The van der Waals surface area contributed by atoms with Crippen molar-refractivity contribution < 1.29 is 0 Å². The van der Waals surface area contributed by atoms with Crippen LogP contribution in [0.4, 0.5) is 0 Å². The molecule has 1 atom stereocenters. The van der Waals surface area contributed by atoms with Crippen LogP contribution >= 0.6 is 54.8 Å². The van der Waals surface area contributed by atoms with Gasteiger partial charge in [0.2, 0.25) is 0 Å². The standard InChI is InChI=1S/C16H11Br2ClS/c1-9-6-7-10-4-2-3-5-11(10)14(9)15(19)13-8-12(17)16(18)20-13/h2-8,15H,1H3. The lowest BCUT2D eigenvalue weighted by atomic mass is 9.96. The second-order valence-corrected chi connectivity index (χ2v) is 8.34. The molecule has 1 unspecified atom stereocenters. The monoisotopic (exact) mass is 428 g/mol. The van der Waals surface area contributed by atoms with Crippen molar-refractivity contribution in [3.05, 3.63) is 66.7 Å². The molecule has 0 amide bonds. The highest BCUT2D eigenvalue weighted by atomic mass is 79.9. The molecule has 0 radical (unpaired) electrons. The summed E-state index contributed by atoms with van der Waals surface area (Å²) in [6.45, 7) is 2.12. The average molecular weight is 431 g/mol. The van der Waals surface area contributed by atoms with Crippen LogP contribution in [0.5, 0.6) is 0 Å². The third-order valence-electron chi connectivity index (χ3n) is 3.36. The normalized spacial score (nSPS) is 12.8. The predicted molar refractivity (Wildman–Crippen MR) is 96.1 cm³/mol. The van der Waals surface area contributed by atoms with E-state index in [-0.39, 0.29) is 5.38 Å². The lowest BCUT2D eigenvalue weighted by Gasteiger charge is -2.14. The van der Waals surface area contributed by atoms with Gasteiger partial charge >= 0.3 is 0 Å². The molecule has 0 saturated heterocycles. The van der Waals surface area contributed by atoms with Gasteiger partial charge in [-0.25, -0.2) is 0 Å². The van der Waals surface area contributed by atoms with Crippen molar-refractivity contribution >= 4 is 65.6 Å². The average Bonchev–Trinajstić information content (AvgIpc) is 2.78. The fraction of sp³-hybridized carbons (Fsp3) is 0.125. The summed E-state index contributed by atoms with van der Waals surface area (Å²) in [6.07, 6.45) is 0. The molecule has 20 heavy (non-hydrogen) atoms. The second kappa shape index (κ2) is 5.80. The fourth-order valence-corrected chi connectivity index (χ4v) is 4.94. The van der Waals surface area contributed by atoms with Crippen LogP contribution < -0.4 is 0 Å². The Balaban J connectivity index is 2.20. The maximum atomic E-state index is 6.77. The van der Waals surface area contributed by atoms with E-state index in [0.29, 0.717) is 0 Å². The van der Waals surface area contributed by atoms with Crippen LogP contribution in [0, 0.1) is 6.92 Å². The lowest BCUT2D eigenvalue weighted by molar-refractivity contribution is 1.17. The Kier molecular flexibility index (Phi) is 4.23. The lowest BCUT2D eigenvalue weighted by Crippen LogP contribution is -1.95. The van der Waals surface area contributed by atoms with Crippen molar-refractivity contribution in [1.82, 2.24) is 0 Å². The number of aryl methyl sites for hydroxylation is 1. The minimum atomic E-state index is -0.131. The Morgan fingerprint density at radius 3 is 2.55 bits per heavy atom. The van der Waals surface area contributed by atoms with Gasteiger partial charge in [-0.3, -0.25) is 0 Å². The van der Waals surface area contributed by atoms with Crippen LogP contribution in [0.2, 0.25) is 0 Å². The van der Waals surface area contributed by atoms with Gasteiger partial charge < -0.3 is 0 Å². The van der Waals surface area contributed by atoms with E-state index in [9.17, 15) is 0 Å². The molecular formula is C16H11Br2ClS. The summed E-state index contributed by atoms with van der Waals surface area (Å²) in [6, 6.07) is 14.8. The fourth-order valence-electron chi connectivity index (χ4n) is 2.37. The largest absolute Gasteiger partial charge is 0.130 e. The number of hydrogen-bond acceptors (Lipinski definition) is 1. The van der Waals surface area contributed by atoms with Gasteiger partial charge in [0, 0.05) is 9.35 Å². The molecule has 0 N–H and O–H groups in total. The molecule has 1 heterocycles. The molecule has 3 rings (SSSR count). The zero-order valence-corrected chi connectivity index (χ0v) is 15.4. The first-order chi connectivity index (χ1) is 9.58. The van der Waals surface area contributed by atoms with E-state index < -0.39 is 0 Å². The maximum absolute atomic E-state index is 6.77. The van der Waals surface area contributed by atoms with Crippen LogP contribution in [0.25, 0.3) is 10.8 Å². The zero-order valence-electron chi connectivity index (χ0n) is 10.7. The van der Waals surface area contributed by atoms with Gasteiger partial charge in [0.1, 0.15) is 0 Å². The van der Waals surface area contributed by atoms with Gasteiger partial charge in [-0.2, -0.15) is 0 Å². The van der Waals surface area contributed by atoms with E-state index in [4.69, 9.17) is 11.6 Å². The minimum Gasteiger partial charge on any atom is -0.130 e. The number of rotatable bonds is 2. The molecule has 0 saturated carbocycles. The highest BCUT2D eigenvalue weighted by molar-refractivity contribution is 9.13. The van der Waals surface area contributed by atoms with Crippen molar-refractivity contribution in [2.45, 2.75) is 12.3 Å². The van der Waals surface area contributed by atoms with Gasteiger partial charge in [0.15, 0.2) is 0 Å². The molecule has 102 valence electrons. The molecule has 0 nitrogen and oxygen atoms in total. The quantitative estimate of drug-likeness (QED) is 0.382. The molecule has 2 aromatic carbocycles. The van der Waals surface area contributed by atoms with Crippen molar-refractivity contribution in [1.29, 1.82) is 0 Å². The van der Waals surface area contributed by atoms with E-state index in [1.165, 1.54) is 21.9 Å². The Morgan fingerprint density at radius 1 is 1.10 bits per heavy atom. The summed E-state index contributed by atoms with van der Waals surface area (Å²) < 4.78 is 2.14. The summed E-state index contributed by atoms with van der Waals surface area (Å²) in [5, 5.41) is 2.33. The van der Waals surface area contributed by atoms with Gasteiger partial charge in [-0.15, -0.1) is 22.9 Å². The summed E-state index contributed by atoms with van der Waals surface area (Å²) in [5.74, 6) is 0.